The Kier molecular flexibility index (Phi) is 4.11. The van der Waals surface area contributed by atoms with E-state index in [2.05, 4.69) is 27.0 Å². The van der Waals surface area contributed by atoms with Crippen LogP contribution in [0.2, 0.25) is 0 Å². The van der Waals surface area contributed by atoms with Crippen molar-refractivity contribution >= 4 is 22.3 Å². The normalized spacial score (nSPS) is 16.3. The van der Waals surface area contributed by atoms with Crippen molar-refractivity contribution in [3.05, 3.63) is 30.0 Å². The summed E-state index contributed by atoms with van der Waals surface area (Å²) in [4.78, 5) is 8.85. The fourth-order valence-corrected chi connectivity index (χ4v) is 2.99. The molecular weight excluding hydrogens is 286 g/mol. The lowest BCUT2D eigenvalue weighted by atomic mass is 10.1. The molecule has 0 saturated carbocycles. The number of likely N-dealkylation sites (N-methyl/N-ethyl adjacent to an activating group) is 1. The minimum atomic E-state index is -0.575. The molecule has 1 aromatic carbocycles. The van der Waals surface area contributed by atoms with Crippen molar-refractivity contribution in [1.82, 2.24) is 9.88 Å². The third-order valence-corrected chi connectivity index (χ3v) is 4.27. The molecule has 22 heavy (non-hydrogen) atoms. The van der Waals surface area contributed by atoms with Gasteiger partial charge >= 0.3 is 0 Å². The highest BCUT2D eigenvalue weighted by molar-refractivity contribution is 6.00. The van der Waals surface area contributed by atoms with E-state index in [0.717, 1.165) is 38.8 Å². The first kappa shape index (κ1) is 15.0. The highest BCUT2D eigenvalue weighted by Gasteiger charge is 2.21. The summed E-state index contributed by atoms with van der Waals surface area (Å²) in [6, 6.07) is 2.28. The standard InChI is InChI=1S/C16H20F2N4/c1-3-21-4-6-22(7-5-21)16-15-12(14(19-2)10-20-16)8-11(17)9-13(15)18/h8-10,19H,3-7H2,1-2H3. The Balaban J connectivity index is 2.07. The molecule has 3 rings (SSSR count). The van der Waals surface area contributed by atoms with E-state index in [1.807, 2.05) is 0 Å². The van der Waals surface area contributed by atoms with Crippen LogP contribution in [0.5, 0.6) is 0 Å². The average molecular weight is 306 g/mol. The first-order valence-electron chi connectivity index (χ1n) is 7.56. The molecule has 0 radical (unpaired) electrons. The van der Waals surface area contributed by atoms with Gasteiger partial charge in [0.1, 0.15) is 17.5 Å². The minimum Gasteiger partial charge on any atom is -0.386 e. The van der Waals surface area contributed by atoms with Crippen LogP contribution in [0.15, 0.2) is 18.3 Å². The molecular formula is C16H20F2N4. The number of anilines is 2. The molecule has 0 bridgehead atoms. The number of nitrogens with one attached hydrogen (secondary N) is 1. The van der Waals surface area contributed by atoms with E-state index in [1.54, 1.807) is 13.2 Å². The quantitative estimate of drug-likeness (QED) is 0.945. The Bertz CT molecular complexity index is 681. The SMILES string of the molecule is CCN1CCN(c2ncc(NC)c3cc(F)cc(F)c23)CC1. The lowest BCUT2D eigenvalue weighted by Crippen LogP contribution is -2.46. The molecule has 0 unspecified atom stereocenters. The zero-order chi connectivity index (χ0) is 15.7. The number of benzene rings is 1. The maximum atomic E-state index is 14.4. The predicted molar refractivity (Wildman–Crippen MR) is 85.5 cm³/mol. The Morgan fingerprint density at radius 1 is 1.18 bits per heavy atom. The monoisotopic (exact) mass is 306 g/mol. The molecule has 1 N–H and O–H groups in total. The van der Waals surface area contributed by atoms with Gasteiger partial charge in [0, 0.05) is 44.7 Å². The molecule has 4 nitrogen and oxygen atoms in total. The van der Waals surface area contributed by atoms with Crippen molar-refractivity contribution in [2.45, 2.75) is 6.92 Å². The fourth-order valence-electron chi connectivity index (χ4n) is 2.99. The Morgan fingerprint density at radius 3 is 2.55 bits per heavy atom. The van der Waals surface area contributed by atoms with Gasteiger partial charge in [-0.3, -0.25) is 0 Å². The van der Waals surface area contributed by atoms with Crippen molar-refractivity contribution in [2.24, 2.45) is 0 Å². The summed E-state index contributed by atoms with van der Waals surface area (Å²) in [5.74, 6) is -0.538. The third kappa shape index (κ3) is 2.59. The molecule has 0 aliphatic carbocycles. The van der Waals surface area contributed by atoms with Gasteiger partial charge in [-0.1, -0.05) is 6.92 Å². The number of hydrogen-bond donors (Lipinski definition) is 1. The minimum absolute atomic E-state index is 0.387. The van der Waals surface area contributed by atoms with E-state index in [1.165, 1.54) is 6.07 Å². The summed E-state index contributed by atoms with van der Waals surface area (Å²) in [5, 5.41) is 3.87. The predicted octanol–water partition coefficient (Wildman–Crippen LogP) is 2.70. The summed E-state index contributed by atoms with van der Waals surface area (Å²) in [5.41, 5.74) is 0.629. The van der Waals surface area contributed by atoms with Gasteiger partial charge in [0.15, 0.2) is 0 Å². The van der Waals surface area contributed by atoms with Crippen LogP contribution in [0.1, 0.15) is 6.92 Å². The number of halogens is 2. The highest BCUT2D eigenvalue weighted by Crippen LogP contribution is 2.33. The van der Waals surface area contributed by atoms with Gasteiger partial charge in [-0.15, -0.1) is 0 Å². The zero-order valence-electron chi connectivity index (χ0n) is 12.9. The smallest absolute Gasteiger partial charge is 0.139 e. The van der Waals surface area contributed by atoms with Crippen molar-refractivity contribution < 1.29 is 8.78 Å². The van der Waals surface area contributed by atoms with E-state index in [0.29, 0.717) is 22.3 Å². The molecule has 118 valence electrons. The van der Waals surface area contributed by atoms with Gasteiger partial charge in [-0.25, -0.2) is 13.8 Å². The van der Waals surface area contributed by atoms with Crippen LogP contribution in [0, 0.1) is 11.6 Å². The van der Waals surface area contributed by atoms with Gasteiger partial charge in [0.05, 0.1) is 17.3 Å². The number of piperazine rings is 1. The maximum Gasteiger partial charge on any atom is 0.139 e. The Labute approximate surface area is 128 Å². The lowest BCUT2D eigenvalue weighted by Gasteiger charge is -2.35. The van der Waals surface area contributed by atoms with Crippen molar-refractivity contribution in [3.63, 3.8) is 0 Å². The van der Waals surface area contributed by atoms with Gasteiger partial charge in [0.25, 0.3) is 0 Å². The van der Waals surface area contributed by atoms with Crippen LogP contribution in [-0.4, -0.2) is 49.7 Å². The summed E-state index contributed by atoms with van der Waals surface area (Å²) in [6.07, 6.45) is 1.64. The van der Waals surface area contributed by atoms with Crippen molar-refractivity contribution in [2.75, 3.05) is 50.0 Å². The van der Waals surface area contributed by atoms with Crippen LogP contribution >= 0.6 is 0 Å². The second kappa shape index (κ2) is 6.04. The average Bonchev–Trinajstić information content (AvgIpc) is 2.53. The van der Waals surface area contributed by atoms with E-state index in [4.69, 9.17) is 0 Å². The zero-order valence-corrected chi connectivity index (χ0v) is 12.9. The van der Waals surface area contributed by atoms with E-state index in [9.17, 15) is 8.78 Å². The molecule has 1 aliphatic rings. The van der Waals surface area contributed by atoms with Crippen LogP contribution in [0.3, 0.4) is 0 Å². The fraction of sp³-hybridized carbons (Fsp3) is 0.438. The molecule has 2 heterocycles. The number of nitrogens with zero attached hydrogens (tertiary/aromatic N) is 3. The molecule has 1 saturated heterocycles. The number of rotatable bonds is 3. The topological polar surface area (TPSA) is 31.4 Å². The van der Waals surface area contributed by atoms with Crippen LogP contribution in [0.4, 0.5) is 20.3 Å². The van der Waals surface area contributed by atoms with E-state index in [-0.39, 0.29) is 0 Å². The number of fused-ring (bicyclic) bond motifs is 1. The first-order valence-corrected chi connectivity index (χ1v) is 7.56. The molecule has 1 aliphatic heterocycles. The third-order valence-electron chi connectivity index (χ3n) is 4.27. The first-order chi connectivity index (χ1) is 10.6. The number of hydrogen-bond acceptors (Lipinski definition) is 4. The highest BCUT2D eigenvalue weighted by atomic mass is 19.1. The van der Waals surface area contributed by atoms with Crippen molar-refractivity contribution in [1.29, 1.82) is 0 Å². The summed E-state index contributed by atoms with van der Waals surface area (Å²) in [6.45, 7) is 6.59. The van der Waals surface area contributed by atoms with Crippen molar-refractivity contribution in [3.8, 4) is 0 Å². The van der Waals surface area contributed by atoms with Gasteiger partial charge in [-0.2, -0.15) is 0 Å². The van der Waals surface area contributed by atoms with Gasteiger partial charge in [-0.05, 0) is 12.6 Å². The number of aromatic nitrogens is 1. The lowest BCUT2D eigenvalue weighted by molar-refractivity contribution is 0.270. The van der Waals surface area contributed by atoms with Crippen LogP contribution < -0.4 is 10.2 Å². The maximum absolute atomic E-state index is 14.4. The molecule has 1 aromatic heterocycles. The largest absolute Gasteiger partial charge is 0.386 e. The molecule has 0 amide bonds. The van der Waals surface area contributed by atoms with Crippen LogP contribution in [-0.2, 0) is 0 Å². The van der Waals surface area contributed by atoms with E-state index < -0.39 is 11.6 Å². The molecule has 2 aromatic rings. The summed E-state index contributed by atoms with van der Waals surface area (Å²) in [7, 11) is 1.72. The van der Waals surface area contributed by atoms with Crippen LogP contribution in [0.25, 0.3) is 10.8 Å². The molecule has 1 fully saturated rings. The summed E-state index contributed by atoms with van der Waals surface area (Å²) >= 11 is 0. The summed E-state index contributed by atoms with van der Waals surface area (Å²) < 4.78 is 28.0. The Hall–Kier alpha value is -1.95. The van der Waals surface area contributed by atoms with Gasteiger partial charge in [0.2, 0.25) is 0 Å². The van der Waals surface area contributed by atoms with E-state index >= 15 is 0 Å². The second-order valence-corrected chi connectivity index (χ2v) is 5.48. The molecule has 6 heteroatoms. The Morgan fingerprint density at radius 2 is 1.91 bits per heavy atom. The van der Waals surface area contributed by atoms with Gasteiger partial charge < -0.3 is 15.1 Å². The molecule has 0 atom stereocenters. The molecule has 0 spiro atoms. The number of pyridine rings is 1. The second-order valence-electron chi connectivity index (χ2n) is 5.48.